The Labute approximate surface area is 162 Å². The molecule has 0 fully saturated rings. The highest BCUT2D eigenvalue weighted by molar-refractivity contribution is 6.01. The Hall–Kier alpha value is -3.31. The standard InChI is InChI=1S/C20H22N2O6/c1-13-16(11-21)19(24)22(9-4-10-26-2)20(25)18(13)17(23)12-28-15-7-5-14(27-3)6-8-15/h5-8,25H,4,9-10,12H2,1-3H3. The molecule has 0 radical (unpaired) electrons. The summed E-state index contributed by atoms with van der Waals surface area (Å²) in [6.07, 6.45) is 0.438. The molecule has 0 aliphatic heterocycles. The van der Waals surface area contributed by atoms with E-state index in [2.05, 4.69) is 0 Å². The van der Waals surface area contributed by atoms with Gasteiger partial charge in [0, 0.05) is 20.3 Å². The van der Waals surface area contributed by atoms with E-state index in [9.17, 15) is 20.0 Å². The first kappa shape index (κ1) is 21.0. The van der Waals surface area contributed by atoms with Gasteiger partial charge in [0.2, 0.25) is 11.7 Å². The molecule has 148 valence electrons. The molecule has 1 aromatic carbocycles. The van der Waals surface area contributed by atoms with Crippen LogP contribution in [0.15, 0.2) is 29.1 Å². The van der Waals surface area contributed by atoms with Gasteiger partial charge < -0.3 is 19.3 Å². The summed E-state index contributed by atoms with van der Waals surface area (Å²) >= 11 is 0. The Kier molecular flexibility index (Phi) is 7.18. The molecule has 2 aromatic rings. The van der Waals surface area contributed by atoms with E-state index in [1.54, 1.807) is 31.4 Å². The predicted octanol–water partition coefficient (Wildman–Crippen LogP) is 2.04. The molecule has 8 nitrogen and oxygen atoms in total. The van der Waals surface area contributed by atoms with Crippen molar-refractivity contribution in [1.82, 2.24) is 4.57 Å². The van der Waals surface area contributed by atoms with E-state index in [0.717, 1.165) is 4.57 Å². The highest BCUT2D eigenvalue weighted by Crippen LogP contribution is 2.23. The molecule has 28 heavy (non-hydrogen) atoms. The van der Waals surface area contributed by atoms with Crippen molar-refractivity contribution in [3.63, 3.8) is 0 Å². The Balaban J connectivity index is 2.31. The van der Waals surface area contributed by atoms with Gasteiger partial charge in [0.1, 0.15) is 23.1 Å². The number of nitrogens with zero attached hydrogens (tertiary/aromatic N) is 2. The van der Waals surface area contributed by atoms with E-state index in [4.69, 9.17) is 14.2 Å². The predicted molar refractivity (Wildman–Crippen MR) is 101 cm³/mol. The van der Waals surface area contributed by atoms with Crippen molar-refractivity contribution in [3.8, 4) is 23.4 Å². The number of aromatic hydroxyl groups is 1. The normalized spacial score (nSPS) is 10.4. The molecule has 0 saturated carbocycles. The highest BCUT2D eigenvalue weighted by Gasteiger charge is 2.24. The van der Waals surface area contributed by atoms with E-state index < -0.39 is 17.2 Å². The van der Waals surface area contributed by atoms with Gasteiger partial charge in [-0.1, -0.05) is 0 Å². The zero-order valence-electron chi connectivity index (χ0n) is 16.0. The first-order valence-electron chi connectivity index (χ1n) is 8.60. The number of benzene rings is 1. The van der Waals surface area contributed by atoms with Gasteiger partial charge in [0.15, 0.2) is 6.61 Å². The average Bonchev–Trinajstić information content (AvgIpc) is 2.69. The van der Waals surface area contributed by atoms with Crippen LogP contribution in [0.3, 0.4) is 0 Å². The quantitative estimate of drug-likeness (QED) is 0.518. The third kappa shape index (κ3) is 4.50. The first-order chi connectivity index (χ1) is 13.4. The number of ether oxygens (including phenoxy) is 3. The number of Topliss-reactive ketones (excluding diaryl/α,β-unsaturated/α-hetero) is 1. The molecule has 0 aliphatic carbocycles. The molecule has 0 amide bonds. The summed E-state index contributed by atoms with van der Waals surface area (Å²) in [4.78, 5) is 25.1. The van der Waals surface area contributed by atoms with Crippen molar-refractivity contribution in [2.45, 2.75) is 19.9 Å². The van der Waals surface area contributed by atoms with Crippen molar-refractivity contribution in [1.29, 1.82) is 5.26 Å². The molecule has 0 unspecified atom stereocenters. The van der Waals surface area contributed by atoms with Gasteiger partial charge in [-0.2, -0.15) is 5.26 Å². The second kappa shape index (κ2) is 9.58. The fourth-order valence-electron chi connectivity index (χ4n) is 2.75. The molecule has 1 N–H and O–H groups in total. The number of ketones is 1. The van der Waals surface area contributed by atoms with E-state index in [1.807, 2.05) is 6.07 Å². The second-order valence-electron chi connectivity index (χ2n) is 6.00. The van der Waals surface area contributed by atoms with Gasteiger partial charge in [0.05, 0.1) is 12.7 Å². The van der Waals surface area contributed by atoms with Crippen molar-refractivity contribution in [3.05, 3.63) is 51.3 Å². The number of aromatic nitrogens is 1. The summed E-state index contributed by atoms with van der Waals surface area (Å²) < 4.78 is 16.5. The van der Waals surface area contributed by atoms with Crippen molar-refractivity contribution >= 4 is 5.78 Å². The second-order valence-corrected chi connectivity index (χ2v) is 6.00. The van der Waals surface area contributed by atoms with Crippen LogP contribution in [0.5, 0.6) is 17.4 Å². The molecule has 0 aliphatic rings. The Morgan fingerprint density at radius 1 is 1.21 bits per heavy atom. The Morgan fingerprint density at radius 3 is 2.43 bits per heavy atom. The number of carbonyl (C=O) groups excluding carboxylic acids is 1. The minimum atomic E-state index is -0.638. The van der Waals surface area contributed by atoms with Crippen LogP contribution in [0.1, 0.15) is 27.9 Å². The summed E-state index contributed by atoms with van der Waals surface area (Å²) in [7, 11) is 3.06. The Morgan fingerprint density at radius 2 is 1.86 bits per heavy atom. The summed E-state index contributed by atoms with van der Waals surface area (Å²) in [5.41, 5.74) is -0.775. The number of methoxy groups -OCH3 is 2. The van der Waals surface area contributed by atoms with Crippen LogP contribution in [-0.4, -0.2) is 42.9 Å². The van der Waals surface area contributed by atoms with Crippen molar-refractivity contribution in [2.75, 3.05) is 27.4 Å². The van der Waals surface area contributed by atoms with Gasteiger partial charge in [-0.15, -0.1) is 0 Å². The lowest BCUT2D eigenvalue weighted by Crippen LogP contribution is -2.28. The molecular formula is C20H22N2O6. The molecule has 1 heterocycles. The van der Waals surface area contributed by atoms with Crippen molar-refractivity contribution < 1.29 is 24.1 Å². The third-order valence-electron chi connectivity index (χ3n) is 4.24. The van der Waals surface area contributed by atoms with Gasteiger partial charge in [-0.05, 0) is 43.2 Å². The van der Waals surface area contributed by atoms with Crippen LogP contribution in [0.25, 0.3) is 0 Å². The number of hydrogen-bond donors (Lipinski definition) is 1. The van der Waals surface area contributed by atoms with E-state index in [1.165, 1.54) is 14.0 Å². The minimum Gasteiger partial charge on any atom is -0.497 e. The van der Waals surface area contributed by atoms with Crippen LogP contribution in [-0.2, 0) is 11.3 Å². The maximum atomic E-state index is 12.7. The fraction of sp³-hybridized carbons (Fsp3) is 0.350. The number of nitriles is 1. The Bertz CT molecular complexity index is 941. The molecule has 0 spiro atoms. The number of carbonyl (C=O) groups is 1. The minimum absolute atomic E-state index is 0.0953. The molecule has 8 heteroatoms. The molecule has 2 rings (SSSR count). The summed E-state index contributed by atoms with van der Waals surface area (Å²) in [5.74, 6) is 0.0814. The van der Waals surface area contributed by atoms with Crippen LogP contribution in [0.2, 0.25) is 0 Å². The van der Waals surface area contributed by atoms with E-state index in [-0.39, 0.29) is 29.8 Å². The van der Waals surface area contributed by atoms with E-state index >= 15 is 0 Å². The smallest absolute Gasteiger partial charge is 0.271 e. The SMILES string of the molecule is COCCCn1c(O)c(C(=O)COc2ccc(OC)cc2)c(C)c(C#N)c1=O. The van der Waals surface area contributed by atoms with Gasteiger partial charge in [0.25, 0.3) is 5.56 Å². The van der Waals surface area contributed by atoms with Gasteiger partial charge in [-0.3, -0.25) is 14.2 Å². The topological polar surface area (TPSA) is 111 Å². The highest BCUT2D eigenvalue weighted by atomic mass is 16.5. The van der Waals surface area contributed by atoms with Gasteiger partial charge >= 0.3 is 0 Å². The lowest BCUT2D eigenvalue weighted by atomic mass is 10.0. The molecule has 1 aromatic heterocycles. The molecular weight excluding hydrogens is 364 g/mol. The lowest BCUT2D eigenvalue weighted by Gasteiger charge is -2.15. The van der Waals surface area contributed by atoms with Crippen molar-refractivity contribution in [2.24, 2.45) is 0 Å². The largest absolute Gasteiger partial charge is 0.497 e. The average molecular weight is 386 g/mol. The molecule has 0 saturated heterocycles. The fourth-order valence-corrected chi connectivity index (χ4v) is 2.75. The maximum absolute atomic E-state index is 12.7. The zero-order chi connectivity index (χ0) is 20.7. The van der Waals surface area contributed by atoms with Crippen LogP contribution in [0, 0.1) is 18.3 Å². The number of hydrogen-bond acceptors (Lipinski definition) is 7. The number of pyridine rings is 1. The maximum Gasteiger partial charge on any atom is 0.271 e. The van der Waals surface area contributed by atoms with Crippen LogP contribution in [0.4, 0.5) is 0 Å². The lowest BCUT2D eigenvalue weighted by molar-refractivity contribution is 0.0916. The number of rotatable bonds is 9. The summed E-state index contributed by atoms with van der Waals surface area (Å²) in [6.45, 7) is 1.58. The first-order valence-corrected chi connectivity index (χ1v) is 8.60. The third-order valence-corrected chi connectivity index (χ3v) is 4.24. The molecule has 0 atom stereocenters. The zero-order valence-corrected chi connectivity index (χ0v) is 16.0. The van der Waals surface area contributed by atoms with Gasteiger partial charge in [-0.25, -0.2) is 0 Å². The molecule has 0 bridgehead atoms. The van der Waals surface area contributed by atoms with Crippen LogP contribution >= 0.6 is 0 Å². The monoisotopic (exact) mass is 386 g/mol. The summed E-state index contributed by atoms with van der Waals surface area (Å²) in [5, 5.41) is 19.9. The van der Waals surface area contributed by atoms with E-state index in [0.29, 0.717) is 24.5 Å². The van der Waals surface area contributed by atoms with Crippen LogP contribution < -0.4 is 15.0 Å². The summed E-state index contributed by atoms with van der Waals surface area (Å²) in [6, 6.07) is 8.48.